The van der Waals surface area contributed by atoms with E-state index in [4.69, 9.17) is 5.73 Å². The number of thiophene rings is 1. The van der Waals surface area contributed by atoms with E-state index in [1.165, 1.54) is 15.8 Å². The fourth-order valence-electron chi connectivity index (χ4n) is 1.68. The van der Waals surface area contributed by atoms with Gasteiger partial charge in [0.2, 0.25) is 5.82 Å². The van der Waals surface area contributed by atoms with Crippen molar-refractivity contribution >= 4 is 28.7 Å². The van der Waals surface area contributed by atoms with Gasteiger partial charge in [0, 0.05) is 15.8 Å². The number of nitrogens with one attached hydrogen (secondary N) is 1. The van der Waals surface area contributed by atoms with Gasteiger partial charge in [0.05, 0.1) is 11.0 Å². The van der Waals surface area contributed by atoms with Gasteiger partial charge in [-0.2, -0.15) is 0 Å². The summed E-state index contributed by atoms with van der Waals surface area (Å²) < 4.78 is 0. The molecule has 1 unspecified atom stereocenters. The molecule has 0 amide bonds. The lowest BCUT2D eigenvalue weighted by Gasteiger charge is -2.13. The Morgan fingerprint density at radius 1 is 1.42 bits per heavy atom. The van der Waals surface area contributed by atoms with Gasteiger partial charge >= 0.3 is 5.69 Å². The number of aromatic nitrogens is 1. The summed E-state index contributed by atoms with van der Waals surface area (Å²) in [5, 5.41) is 13.8. The van der Waals surface area contributed by atoms with Crippen LogP contribution in [0.1, 0.15) is 22.7 Å². The fraction of sp³-hybridized carbons (Fsp3) is 0.250. The van der Waals surface area contributed by atoms with E-state index in [1.807, 2.05) is 19.9 Å². The quantitative estimate of drug-likeness (QED) is 0.662. The van der Waals surface area contributed by atoms with Crippen molar-refractivity contribution in [3.05, 3.63) is 44.1 Å². The predicted molar refractivity (Wildman–Crippen MR) is 76.4 cm³/mol. The van der Waals surface area contributed by atoms with Gasteiger partial charge in [-0.15, -0.1) is 11.3 Å². The van der Waals surface area contributed by atoms with Crippen molar-refractivity contribution in [3.63, 3.8) is 0 Å². The van der Waals surface area contributed by atoms with E-state index in [9.17, 15) is 10.1 Å². The highest BCUT2D eigenvalue weighted by Gasteiger charge is 2.14. The average molecular weight is 278 g/mol. The SMILES string of the molecule is Cc1ccc(C(C)Nc2ccc([N+](=O)[O-])c(N)n2)s1. The van der Waals surface area contributed by atoms with Crippen LogP contribution in [0.5, 0.6) is 0 Å². The molecule has 1 atom stereocenters. The van der Waals surface area contributed by atoms with E-state index in [-0.39, 0.29) is 17.5 Å². The molecular formula is C12H14N4O2S. The molecule has 0 saturated carbocycles. The Morgan fingerprint density at radius 3 is 2.68 bits per heavy atom. The summed E-state index contributed by atoms with van der Waals surface area (Å²) >= 11 is 1.70. The summed E-state index contributed by atoms with van der Waals surface area (Å²) in [6, 6.07) is 7.09. The number of nitrogens with zero attached hydrogens (tertiary/aromatic N) is 2. The van der Waals surface area contributed by atoms with Crippen molar-refractivity contribution in [1.82, 2.24) is 4.98 Å². The number of pyridine rings is 1. The lowest BCUT2D eigenvalue weighted by atomic mass is 10.2. The van der Waals surface area contributed by atoms with E-state index in [2.05, 4.69) is 16.4 Å². The highest BCUT2D eigenvalue weighted by molar-refractivity contribution is 7.12. The van der Waals surface area contributed by atoms with Crippen LogP contribution in [0, 0.1) is 17.0 Å². The van der Waals surface area contributed by atoms with Crippen molar-refractivity contribution in [2.45, 2.75) is 19.9 Å². The number of aryl methyl sites for hydroxylation is 1. The van der Waals surface area contributed by atoms with Gasteiger partial charge in [-0.3, -0.25) is 10.1 Å². The minimum atomic E-state index is -0.543. The van der Waals surface area contributed by atoms with Crippen LogP contribution in [-0.4, -0.2) is 9.91 Å². The predicted octanol–water partition coefficient (Wildman–Crippen LogP) is 3.12. The second-order valence-electron chi connectivity index (χ2n) is 4.17. The van der Waals surface area contributed by atoms with E-state index in [1.54, 1.807) is 17.4 Å². The Kier molecular flexibility index (Phi) is 3.66. The molecular weight excluding hydrogens is 264 g/mol. The molecule has 0 aliphatic heterocycles. The Bertz CT molecular complexity index is 612. The topological polar surface area (TPSA) is 94.1 Å². The largest absolute Gasteiger partial charge is 0.378 e. The van der Waals surface area contributed by atoms with Gasteiger partial charge in [0.15, 0.2) is 0 Å². The number of nitrogens with two attached hydrogens (primary N) is 1. The minimum absolute atomic E-state index is 0.0760. The molecule has 2 aromatic rings. The van der Waals surface area contributed by atoms with Crippen molar-refractivity contribution in [2.24, 2.45) is 0 Å². The molecule has 2 aromatic heterocycles. The molecule has 0 spiro atoms. The third-order valence-corrected chi connectivity index (χ3v) is 3.83. The Morgan fingerprint density at radius 2 is 2.16 bits per heavy atom. The average Bonchev–Trinajstić information content (AvgIpc) is 2.75. The number of hydrogen-bond donors (Lipinski definition) is 2. The summed E-state index contributed by atoms with van der Waals surface area (Å²) in [6.45, 7) is 4.05. The second kappa shape index (κ2) is 5.23. The maximum absolute atomic E-state index is 10.6. The number of rotatable bonds is 4. The zero-order valence-electron chi connectivity index (χ0n) is 10.6. The molecule has 0 aliphatic carbocycles. The molecule has 3 N–H and O–H groups in total. The van der Waals surface area contributed by atoms with Crippen LogP contribution in [0.25, 0.3) is 0 Å². The molecule has 0 saturated heterocycles. The monoisotopic (exact) mass is 278 g/mol. The number of anilines is 2. The fourth-order valence-corrected chi connectivity index (χ4v) is 2.56. The summed E-state index contributed by atoms with van der Waals surface area (Å²) in [5.74, 6) is 0.450. The van der Waals surface area contributed by atoms with Crippen LogP contribution in [-0.2, 0) is 0 Å². The lowest BCUT2D eigenvalue weighted by Crippen LogP contribution is -2.08. The van der Waals surface area contributed by atoms with Gasteiger partial charge in [0.25, 0.3) is 0 Å². The van der Waals surface area contributed by atoms with Crippen LogP contribution >= 0.6 is 11.3 Å². The van der Waals surface area contributed by atoms with Gasteiger partial charge in [-0.05, 0) is 32.0 Å². The molecule has 2 heterocycles. The highest BCUT2D eigenvalue weighted by Crippen LogP contribution is 2.27. The van der Waals surface area contributed by atoms with Gasteiger partial charge in [-0.1, -0.05) is 0 Å². The van der Waals surface area contributed by atoms with Crippen LogP contribution in [0.3, 0.4) is 0 Å². The molecule has 0 aromatic carbocycles. The summed E-state index contributed by atoms with van der Waals surface area (Å²) in [6.07, 6.45) is 0. The molecule has 6 nitrogen and oxygen atoms in total. The third kappa shape index (κ3) is 3.00. The smallest absolute Gasteiger partial charge is 0.311 e. The molecule has 0 bridgehead atoms. The summed E-state index contributed by atoms with van der Waals surface area (Å²) in [7, 11) is 0. The number of hydrogen-bond acceptors (Lipinski definition) is 6. The number of nitrogen functional groups attached to an aromatic ring is 1. The highest BCUT2D eigenvalue weighted by atomic mass is 32.1. The Balaban J connectivity index is 2.15. The van der Waals surface area contributed by atoms with Crippen LogP contribution < -0.4 is 11.1 Å². The zero-order valence-corrected chi connectivity index (χ0v) is 11.4. The Hall–Kier alpha value is -2.15. The second-order valence-corrected chi connectivity index (χ2v) is 5.49. The molecule has 2 rings (SSSR count). The van der Waals surface area contributed by atoms with E-state index in [0.29, 0.717) is 5.82 Å². The van der Waals surface area contributed by atoms with E-state index >= 15 is 0 Å². The molecule has 0 radical (unpaired) electrons. The van der Waals surface area contributed by atoms with E-state index < -0.39 is 4.92 Å². The summed E-state index contributed by atoms with van der Waals surface area (Å²) in [5.41, 5.74) is 5.37. The molecule has 0 aliphatic rings. The van der Waals surface area contributed by atoms with E-state index in [0.717, 1.165) is 0 Å². The third-order valence-electron chi connectivity index (χ3n) is 2.65. The first-order chi connectivity index (χ1) is 8.97. The first-order valence-electron chi connectivity index (χ1n) is 5.71. The van der Waals surface area contributed by atoms with Crippen molar-refractivity contribution < 1.29 is 4.92 Å². The van der Waals surface area contributed by atoms with Crippen molar-refractivity contribution in [3.8, 4) is 0 Å². The minimum Gasteiger partial charge on any atom is -0.378 e. The van der Waals surface area contributed by atoms with Crippen LogP contribution in [0.2, 0.25) is 0 Å². The van der Waals surface area contributed by atoms with Crippen LogP contribution in [0.15, 0.2) is 24.3 Å². The summed E-state index contributed by atoms with van der Waals surface area (Å²) in [4.78, 5) is 16.5. The lowest BCUT2D eigenvalue weighted by molar-refractivity contribution is -0.384. The molecule has 7 heteroatoms. The first-order valence-corrected chi connectivity index (χ1v) is 6.53. The van der Waals surface area contributed by atoms with Crippen molar-refractivity contribution in [1.29, 1.82) is 0 Å². The van der Waals surface area contributed by atoms with Gasteiger partial charge in [-0.25, -0.2) is 4.98 Å². The maximum atomic E-state index is 10.6. The van der Waals surface area contributed by atoms with Crippen LogP contribution in [0.4, 0.5) is 17.3 Å². The van der Waals surface area contributed by atoms with Crippen molar-refractivity contribution in [2.75, 3.05) is 11.1 Å². The normalized spacial score (nSPS) is 12.1. The molecule has 100 valence electrons. The van der Waals surface area contributed by atoms with Gasteiger partial charge in [0.1, 0.15) is 5.82 Å². The molecule has 0 fully saturated rings. The van der Waals surface area contributed by atoms with Gasteiger partial charge < -0.3 is 11.1 Å². The maximum Gasteiger partial charge on any atom is 0.311 e. The first kappa shape index (κ1) is 13.3. The molecule has 19 heavy (non-hydrogen) atoms. The standard InChI is InChI=1S/C12H14N4O2S/c1-7-3-5-10(19-7)8(2)14-11-6-4-9(16(17)18)12(13)15-11/h3-6,8H,1-2H3,(H3,13,14,15). The Labute approximate surface area is 114 Å². The number of nitro groups is 1. The zero-order chi connectivity index (χ0) is 14.0.